The van der Waals surface area contributed by atoms with Crippen molar-refractivity contribution in [3.8, 4) is 0 Å². The van der Waals surface area contributed by atoms with Crippen LogP contribution in [0.4, 0.5) is 0 Å². The molecule has 0 aliphatic carbocycles. The average molecular weight is 276 g/mol. The average Bonchev–Trinajstić information content (AvgIpc) is 2.48. The highest BCUT2D eigenvalue weighted by Crippen LogP contribution is 2.27. The summed E-state index contributed by atoms with van der Waals surface area (Å²) in [5.41, 5.74) is 1.03. The van der Waals surface area contributed by atoms with Crippen LogP contribution in [0.25, 0.3) is 0 Å². The molecule has 2 rings (SSSR count). The standard InChI is InChI=1S/C17H28N2O/c1-4-18-10-12-19(13-11-18)16(14(2)3)17(20)15-8-6-5-7-9-15/h5-9,14,16-17,20H,4,10-13H2,1-3H3. The lowest BCUT2D eigenvalue weighted by atomic mass is 9.91. The Kier molecular flexibility index (Phi) is 5.58. The number of piperazine rings is 1. The Balaban J connectivity index is 2.08. The van der Waals surface area contributed by atoms with E-state index in [1.165, 1.54) is 0 Å². The monoisotopic (exact) mass is 276 g/mol. The van der Waals surface area contributed by atoms with Gasteiger partial charge in [-0.3, -0.25) is 4.90 Å². The van der Waals surface area contributed by atoms with Crippen LogP contribution in [0.2, 0.25) is 0 Å². The van der Waals surface area contributed by atoms with Crippen molar-refractivity contribution in [1.82, 2.24) is 9.80 Å². The second-order valence-corrected chi connectivity index (χ2v) is 6.06. The predicted molar refractivity (Wildman–Crippen MR) is 83.7 cm³/mol. The van der Waals surface area contributed by atoms with Crippen LogP contribution in [0, 0.1) is 5.92 Å². The summed E-state index contributed by atoms with van der Waals surface area (Å²) in [5.74, 6) is 0.443. The summed E-state index contributed by atoms with van der Waals surface area (Å²) in [6.45, 7) is 12.1. The van der Waals surface area contributed by atoms with E-state index in [-0.39, 0.29) is 6.04 Å². The maximum absolute atomic E-state index is 10.8. The minimum atomic E-state index is -0.399. The molecule has 0 aromatic heterocycles. The van der Waals surface area contributed by atoms with Crippen LogP contribution < -0.4 is 0 Å². The highest BCUT2D eigenvalue weighted by molar-refractivity contribution is 5.19. The second kappa shape index (κ2) is 7.21. The smallest absolute Gasteiger partial charge is 0.0947 e. The van der Waals surface area contributed by atoms with E-state index in [0.29, 0.717) is 5.92 Å². The fourth-order valence-corrected chi connectivity index (χ4v) is 3.21. The molecule has 0 radical (unpaired) electrons. The van der Waals surface area contributed by atoms with Crippen molar-refractivity contribution in [1.29, 1.82) is 0 Å². The molecule has 2 unspecified atom stereocenters. The first-order valence-corrected chi connectivity index (χ1v) is 7.83. The maximum atomic E-state index is 10.8. The molecular weight excluding hydrogens is 248 g/mol. The number of hydrogen-bond acceptors (Lipinski definition) is 3. The Morgan fingerprint density at radius 2 is 1.65 bits per heavy atom. The molecule has 1 aromatic carbocycles. The second-order valence-electron chi connectivity index (χ2n) is 6.06. The number of rotatable bonds is 5. The maximum Gasteiger partial charge on any atom is 0.0947 e. The molecule has 1 heterocycles. The summed E-state index contributed by atoms with van der Waals surface area (Å²) in [5, 5.41) is 10.8. The van der Waals surface area contributed by atoms with Gasteiger partial charge in [0.2, 0.25) is 0 Å². The molecule has 3 nitrogen and oxygen atoms in total. The Morgan fingerprint density at radius 3 is 2.15 bits per heavy atom. The molecule has 20 heavy (non-hydrogen) atoms. The van der Waals surface area contributed by atoms with Crippen LogP contribution in [0.5, 0.6) is 0 Å². The molecule has 0 saturated carbocycles. The van der Waals surface area contributed by atoms with Gasteiger partial charge in [0.05, 0.1) is 6.10 Å². The molecule has 1 aliphatic heterocycles. The van der Waals surface area contributed by atoms with E-state index in [4.69, 9.17) is 0 Å². The van der Waals surface area contributed by atoms with Gasteiger partial charge in [-0.2, -0.15) is 0 Å². The third kappa shape index (κ3) is 3.60. The van der Waals surface area contributed by atoms with E-state index in [9.17, 15) is 5.11 Å². The largest absolute Gasteiger partial charge is 0.387 e. The van der Waals surface area contributed by atoms with Crippen LogP contribution in [-0.4, -0.2) is 53.7 Å². The van der Waals surface area contributed by atoms with Crippen LogP contribution in [0.1, 0.15) is 32.4 Å². The van der Waals surface area contributed by atoms with Gasteiger partial charge < -0.3 is 10.0 Å². The highest BCUT2D eigenvalue weighted by Gasteiger charge is 2.31. The number of likely N-dealkylation sites (N-methyl/N-ethyl adjacent to an activating group) is 1. The summed E-state index contributed by atoms with van der Waals surface area (Å²) in [7, 11) is 0. The summed E-state index contributed by atoms with van der Waals surface area (Å²) < 4.78 is 0. The minimum absolute atomic E-state index is 0.205. The van der Waals surface area contributed by atoms with E-state index in [1.807, 2.05) is 30.3 Å². The topological polar surface area (TPSA) is 26.7 Å². The first-order chi connectivity index (χ1) is 9.63. The first-order valence-electron chi connectivity index (χ1n) is 7.83. The van der Waals surface area contributed by atoms with Gasteiger partial charge in [-0.1, -0.05) is 51.1 Å². The van der Waals surface area contributed by atoms with E-state index in [1.54, 1.807) is 0 Å². The number of benzene rings is 1. The molecule has 0 bridgehead atoms. The van der Waals surface area contributed by atoms with Crippen molar-refractivity contribution in [3.63, 3.8) is 0 Å². The van der Waals surface area contributed by atoms with E-state index in [0.717, 1.165) is 38.3 Å². The molecule has 0 spiro atoms. The van der Waals surface area contributed by atoms with Gasteiger partial charge in [0.15, 0.2) is 0 Å². The molecule has 1 fully saturated rings. The van der Waals surface area contributed by atoms with Crippen molar-refractivity contribution in [3.05, 3.63) is 35.9 Å². The fraction of sp³-hybridized carbons (Fsp3) is 0.647. The zero-order valence-electron chi connectivity index (χ0n) is 13.0. The highest BCUT2D eigenvalue weighted by atomic mass is 16.3. The Hall–Kier alpha value is -0.900. The van der Waals surface area contributed by atoms with Gasteiger partial charge in [-0.25, -0.2) is 0 Å². The molecule has 112 valence electrons. The van der Waals surface area contributed by atoms with Crippen molar-refractivity contribution in [2.24, 2.45) is 5.92 Å². The number of nitrogens with zero attached hydrogens (tertiary/aromatic N) is 2. The quantitative estimate of drug-likeness (QED) is 0.894. The number of aliphatic hydroxyl groups is 1. The number of aliphatic hydroxyl groups excluding tert-OH is 1. The molecule has 1 N–H and O–H groups in total. The SMILES string of the molecule is CCN1CCN(C(C(C)C)C(O)c2ccccc2)CC1. The van der Waals surface area contributed by atoms with Gasteiger partial charge >= 0.3 is 0 Å². The zero-order valence-corrected chi connectivity index (χ0v) is 13.0. The lowest BCUT2D eigenvalue weighted by Gasteiger charge is -2.42. The van der Waals surface area contributed by atoms with Gasteiger partial charge in [0.25, 0.3) is 0 Å². The van der Waals surface area contributed by atoms with E-state index in [2.05, 4.69) is 30.6 Å². The van der Waals surface area contributed by atoms with Gasteiger partial charge in [0.1, 0.15) is 0 Å². The lowest BCUT2D eigenvalue weighted by Crippen LogP contribution is -2.53. The molecular formula is C17H28N2O. The molecule has 0 amide bonds. The predicted octanol–water partition coefficient (Wildman–Crippen LogP) is 2.38. The summed E-state index contributed by atoms with van der Waals surface area (Å²) in [4.78, 5) is 4.94. The summed E-state index contributed by atoms with van der Waals surface area (Å²) >= 11 is 0. The van der Waals surface area contributed by atoms with E-state index >= 15 is 0 Å². The number of hydrogen-bond donors (Lipinski definition) is 1. The normalized spacial score (nSPS) is 21.1. The molecule has 1 saturated heterocycles. The Morgan fingerprint density at radius 1 is 1.05 bits per heavy atom. The first kappa shape index (κ1) is 15.5. The third-order valence-electron chi connectivity index (χ3n) is 4.42. The van der Waals surface area contributed by atoms with Crippen molar-refractivity contribution >= 4 is 0 Å². The molecule has 1 aromatic rings. The van der Waals surface area contributed by atoms with Gasteiger partial charge in [-0.15, -0.1) is 0 Å². The fourth-order valence-electron chi connectivity index (χ4n) is 3.21. The van der Waals surface area contributed by atoms with Crippen molar-refractivity contribution < 1.29 is 5.11 Å². The van der Waals surface area contributed by atoms with Crippen LogP contribution >= 0.6 is 0 Å². The van der Waals surface area contributed by atoms with Crippen LogP contribution in [0.15, 0.2) is 30.3 Å². The molecule has 1 aliphatic rings. The minimum Gasteiger partial charge on any atom is -0.387 e. The van der Waals surface area contributed by atoms with Gasteiger partial charge in [0, 0.05) is 32.2 Å². The van der Waals surface area contributed by atoms with Gasteiger partial charge in [-0.05, 0) is 18.0 Å². The molecule has 2 atom stereocenters. The van der Waals surface area contributed by atoms with E-state index < -0.39 is 6.10 Å². The summed E-state index contributed by atoms with van der Waals surface area (Å²) in [6, 6.07) is 10.3. The van der Waals surface area contributed by atoms with Crippen molar-refractivity contribution in [2.75, 3.05) is 32.7 Å². The van der Waals surface area contributed by atoms with Crippen LogP contribution in [-0.2, 0) is 0 Å². The summed E-state index contributed by atoms with van der Waals surface area (Å²) in [6.07, 6.45) is -0.399. The molecule has 3 heteroatoms. The third-order valence-corrected chi connectivity index (χ3v) is 4.42. The van der Waals surface area contributed by atoms with Crippen molar-refractivity contribution in [2.45, 2.75) is 32.9 Å². The zero-order chi connectivity index (χ0) is 14.5. The lowest BCUT2D eigenvalue weighted by molar-refractivity contribution is -0.00275. The Labute approximate surface area is 123 Å². The Bertz CT molecular complexity index is 385. The van der Waals surface area contributed by atoms with Crippen LogP contribution in [0.3, 0.4) is 0 Å².